The highest BCUT2D eigenvalue weighted by atomic mass is 32.2. The van der Waals surface area contributed by atoms with Crippen molar-refractivity contribution in [3.05, 3.63) is 65.2 Å². The number of thioether (sulfide) groups is 1. The molecule has 3 rings (SSSR count). The molecule has 25 heavy (non-hydrogen) atoms. The van der Waals surface area contributed by atoms with Crippen LogP contribution in [0.1, 0.15) is 26.9 Å². The van der Waals surface area contributed by atoms with Crippen LogP contribution in [0.2, 0.25) is 0 Å². The Balaban J connectivity index is 1.88. The lowest BCUT2D eigenvalue weighted by molar-refractivity contribution is -0.137. The van der Waals surface area contributed by atoms with Crippen LogP contribution in [0.3, 0.4) is 0 Å². The average molecular weight is 367 g/mol. The highest BCUT2D eigenvalue weighted by Gasteiger charge is 2.34. The van der Waals surface area contributed by atoms with E-state index in [0.717, 1.165) is 23.4 Å². The first-order valence-corrected chi connectivity index (χ1v) is 8.69. The number of nitrogens with zero attached hydrogens (tertiary/aromatic N) is 1. The topological polar surface area (TPSA) is 29.5 Å². The van der Waals surface area contributed by atoms with Crippen LogP contribution < -0.4 is 4.74 Å². The van der Waals surface area contributed by atoms with Gasteiger partial charge in [0.25, 0.3) is 5.91 Å². The minimum atomic E-state index is -4.47. The number of ether oxygens (including phenoxy) is 1. The van der Waals surface area contributed by atoms with Gasteiger partial charge in [-0.2, -0.15) is 13.2 Å². The third-order valence-corrected chi connectivity index (χ3v) is 5.23. The Hall–Kier alpha value is -2.15. The Kier molecular flexibility index (Phi) is 4.94. The molecule has 1 aliphatic rings. The van der Waals surface area contributed by atoms with Gasteiger partial charge in [-0.05, 0) is 35.9 Å². The van der Waals surface area contributed by atoms with Gasteiger partial charge in [0.05, 0.1) is 12.7 Å². The van der Waals surface area contributed by atoms with Crippen molar-refractivity contribution in [3.8, 4) is 5.75 Å². The summed E-state index contributed by atoms with van der Waals surface area (Å²) in [6, 6.07) is 11.9. The molecule has 1 aliphatic heterocycles. The smallest absolute Gasteiger partial charge is 0.416 e. The maximum Gasteiger partial charge on any atom is 0.416 e. The summed E-state index contributed by atoms with van der Waals surface area (Å²) in [5, 5.41) is -0.239. The van der Waals surface area contributed by atoms with Gasteiger partial charge in [0.1, 0.15) is 11.1 Å². The van der Waals surface area contributed by atoms with Gasteiger partial charge in [0.15, 0.2) is 0 Å². The van der Waals surface area contributed by atoms with E-state index in [4.69, 9.17) is 4.74 Å². The largest absolute Gasteiger partial charge is 0.497 e. The number of carbonyl (C=O) groups excluding carboxylic acids is 1. The van der Waals surface area contributed by atoms with Crippen molar-refractivity contribution in [1.29, 1.82) is 0 Å². The van der Waals surface area contributed by atoms with Crippen molar-refractivity contribution >= 4 is 17.7 Å². The number of amides is 1. The van der Waals surface area contributed by atoms with Crippen LogP contribution in [-0.4, -0.2) is 30.2 Å². The minimum absolute atomic E-state index is 0.0465. The predicted molar refractivity (Wildman–Crippen MR) is 90.7 cm³/mol. The summed E-state index contributed by atoms with van der Waals surface area (Å²) < 4.78 is 43.9. The molecule has 3 nitrogen and oxygen atoms in total. The molecule has 1 saturated heterocycles. The number of halogens is 3. The number of hydrogen-bond donors (Lipinski definition) is 0. The van der Waals surface area contributed by atoms with E-state index >= 15 is 0 Å². The molecule has 0 aliphatic carbocycles. The van der Waals surface area contributed by atoms with E-state index in [0.29, 0.717) is 12.3 Å². The van der Waals surface area contributed by atoms with Gasteiger partial charge >= 0.3 is 6.18 Å². The van der Waals surface area contributed by atoms with Gasteiger partial charge in [-0.15, -0.1) is 11.8 Å². The zero-order valence-electron chi connectivity index (χ0n) is 13.4. The molecule has 1 fully saturated rings. The van der Waals surface area contributed by atoms with E-state index < -0.39 is 17.6 Å². The van der Waals surface area contributed by atoms with E-state index in [9.17, 15) is 18.0 Å². The summed E-state index contributed by atoms with van der Waals surface area (Å²) in [7, 11) is 1.56. The van der Waals surface area contributed by atoms with Crippen molar-refractivity contribution in [1.82, 2.24) is 4.90 Å². The Morgan fingerprint density at radius 1 is 1.20 bits per heavy atom. The van der Waals surface area contributed by atoms with Crippen molar-refractivity contribution in [2.75, 3.05) is 19.4 Å². The van der Waals surface area contributed by atoms with Crippen LogP contribution >= 0.6 is 11.8 Å². The Bertz CT molecular complexity index is 779. The molecule has 132 valence electrons. The van der Waals surface area contributed by atoms with E-state index in [2.05, 4.69) is 0 Å². The van der Waals surface area contributed by atoms with E-state index in [-0.39, 0.29) is 10.9 Å². The van der Waals surface area contributed by atoms with E-state index in [1.165, 1.54) is 12.1 Å². The number of alkyl halides is 3. The summed E-state index contributed by atoms with van der Waals surface area (Å²) in [6.07, 6.45) is -4.47. The zero-order valence-corrected chi connectivity index (χ0v) is 14.2. The summed E-state index contributed by atoms with van der Waals surface area (Å²) >= 11 is 1.58. The van der Waals surface area contributed by atoms with Gasteiger partial charge in [0, 0.05) is 17.9 Å². The molecule has 2 aromatic carbocycles. The maximum absolute atomic E-state index is 12.9. The number of hydrogen-bond acceptors (Lipinski definition) is 3. The zero-order chi connectivity index (χ0) is 18.0. The standard InChI is InChI=1S/C18H16F3NO2S/c1-24-15-7-3-5-13(11-15)17-22(8-9-25-17)16(23)12-4-2-6-14(10-12)18(19,20)21/h2-7,10-11,17H,8-9H2,1H3. The predicted octanol–water partition coefficient (Wildman–Crippen LogP) is 4.60. The molecule has 0 bridgehead atoms. The molecular weight excluding hydrogens is 351 g/mol. The number of rotatable bonds is 3. The Morgan fingerprint density at radius 3 is 2.68 bits per heavy atom. The van der Waals surface area contributed by atoms with Crippen LogP contribution in [0.15, 0.2) is 48.5 Å². The van der Waals surface area contributed by atoms with Crippen LogP contribution in [0.4, 0.5) is 13.2 Å². The Labute approximate surface area is 147 Å². The second kappa shape index (κ2) is 7.00. The fourth-order valence-corrected chi connectivity index (χ4v) is 3.99. The van der Waals surface area contributed by atoms with Gasteiger partial charge < -0.3 is 9.64 Å². The molecule has 0 aromatic heterocycles. The van der Waals surface area contributed by atoms with Crippen molar-refractivity contribution in [2.24, 2.45) is 0 Å². The van der Waals surface area contributed by atoms with Gasteiger partial charge in [-0.25, -0.2) is 0 Å². The number of benzene rings is 2. The van der Waals surface area contributed by atoms with Crippen LogP contribution in [0.25, 0.3) is 0 Å². The molecule has 0 radical (unpaired) electrons. The van der Waals surface area contributed by atoms with Crippen molar-refractivity contribution < 1.29 is 22.7 Å². The second-order valence-corrected chi connectivity index (χ2v) is 6.76. The highest BCUT2D eigenvalue weighted by molar-refractivity contribution is 7.99. The van der Waals surface area contributed by atoms with Gasteiger partial charge in [-0.3, -0.25) is 4.79 Å². The first-order chi connectivity index (χ1) is 11.9. The number of carbonyl (C=O) groups is 1. The fraction of sp³-hybridized carbons (Fsp3) is 0.278. The van der Waals surface area contributed by atoms with E-state index in [1.807, 2.05) is 24.3 Å². The van der Waals surface area contributed by atoms with Crippen molar-refractivity contribution in [2.45, 2.75) is 11.6 Å². The normalized spacial score (nSPS) is 17.6. The molecule has 2 aromatic rings. The quantitative estimate of drug-likeness (QED) is 0.794. The SMILES string of the molecule is COc1cccc(C2SCCN2C(=O)c2cccc(C(F)(F)F)c2)c1. The fourth-order valence-electron chi connectivity index (χ4n) is 2.74. The molecule has 0 spiro atoms. The molecule has 1 atom stereocenters. The summed E-state index contributed by atoms with van der Waals surface area (Å²) in [4.78, 5) is 14.4. The summed E-state index contributed by atoms with van der Waals surface area (Å²) in [5.41, 5.74) is 0.121. The van der Waals surface area contributed by atoms with Gasteiger partial charge in [0.2, 0.25) is 0 Å². The van der Waals surface area contributed by atoms with Gasteiger partial charge in [-0.1, -0.05) is 18.2 Å². The highest BCUT2D eigenvalue weighted by Crippen LogP contribution is 2.40. The second-order valence-electron chi connectivity index (χ2n) is 5.58. The first kappa shape index (κ1) is 17.7. The molecule has 1 amide bonds. The Morgan fingerprint density at radius 2 is 1.96 bits per heavy atom. The number of methoxy groups -OCH3 is 1. The molecule has 1 unspecified atom stereocenters. The lowest BCUT2D eigenvalue weighted by Crippen LogP contribution is -2.30. The van der Waals surface area contributed by atoms with Crippen LogP contribution in [0, 0.1) is 0 Å². The monoisotopic (exact) mass is 367 g/mol. The average Bonchev–Trinajstić information content (AvgIpc) is 3.10. The molecule has 0 saturated carbocycles. The molecule has 7 heteroatoms. The van der Waals surface area contributed by atoms with Crippen LogP contribution in [0.5, 0.6) is 5.75 Å². The molecule has 0 N–H and O–H groups in total. The van der Waals surface area contributed by atoms with Crippen LogP contribution in [-0.2, 0) is 6.18 Å². The van der Waals surface area contributed by atoms with E-state index in [1.54, 1.807) is 23.8 Å². The lowest BCUT2D eigenvalue weighted by Gasteiger charge is -2.24. The third-order valence-electron chi connectivity index (χ3n) is 3.97. The summed E-state index contributed by atoms with van der Waals surface area (Å²) in [5.74, 6) is 1.01. The first-order valence-electron chi connectivity index (χ1n) is 7.64. The lowest BCUT2D eigenvalue weighted by atomic mass is 10.1. The molecule has 1 heterocycles. The third kappa shape index (κ3) is 3.76. The minimum Gasteiger partial charge on any atom is -0.497 e. The maximum atomic E-state index is 12.9. The van der Waals surface area contributed by atoms with Crippen molar-refractivity contribution in [3.63, 3.8) is 0 Å². The molecular formula is C18H16F3NO2S. The summed E-state index contributed by atoms with van der Waals surface area (Å²) in [6.45, 7) is 0.488.